The Hall–Kier alpha value is -1.36. The van der Waals surface area contributed by atoms with Gasteiger partial charge in [0.2, 0.25) is 0 Å². The van der Waals surface area contributed by atoms with Gasteiger partial charge in [-0.05, 0) is 32.1 Å². The lowest BCUT2D eigenvalue weighted by Crippen LogP contribution is -2.49. The third-order valence-electron chi connectivity index (χ3n) is 4.64. The molecule has 2 aliphatic rings. The quantitative estimate of drug-likeness (QED) is 0.910. The summed E-state index contributed by atoms with van der Waals surface area (Å²) in [5.74, 6) is 3.36. The molecule has 4 nitrogen and oxygen atoms in total. The average Bonchev–Trinajstić information content (AvgIpc) is 2.82. The maximum absolute atomic E-state index is 12.6. The molecule has 1 N–H and O–H groups in total. The summed E-state index contributed by atoms with van der Waals surface area (Å²) in [5, 5.41) is 3.19. The number of ether oxygens (including phenoxy) is 1. The van der Waals surface area contributed by atoms with Gasteiger partial charge < -0.3 is 15.0 Å². The molecule has 3 atom stereocenters. The molecular formula is C17H24N2O2S. The van der Waals surface area contributed by atoms with E-state index in [1.165, 1.54) is 5.56 Å². The molecule has 0 unspecified atom stereocenters. The SMILES string of the molecule is C[C@H](NC(=O)N1CCSCC[C@@H]1C)[C@@H]1COc2ccccc21. The highest BCUT2D eigenvalue weighted by molar-refractivity contribution is 7.99. The van der Waals surface area contributed by atoms with Gasteiger partial charge in [0.05, 0.1) is 6.61 Å². The summed E-state index contributed by atoms with van der Waals surface area (Å²) < 4.78 is 5.73. The Morgan fingerprint density at radius 2 is 2.23 bits per heavy atom. The van der Waals surface area contributed by atoms with Gasteiger partial charge in [0.15, 0.2) is 0 Å². The summed E-state index contributed by atoms with van der Waals surface area (Å²) >= 11 is 1.93. The Morgan fingerprint density at radius 1 is 1.41 bits per heavy atom. The Labute approximate surface area is 136 Å². The first kappa shape index (κ1) is 15.5. The van der Waals surface area contributed by atoms with Gasteiger partial charge in [-0.25, -0.2) is 4.79 Å². The predicted octanol–water partition coefficient (Wildman–Crippen LogP) is 3.09. The lowest BCUT2D eigenvalue weighted by Gasteiger charge is -2.30. The van der Waals surface area contributed by atoms with E-state index in [2.05, 4.69) is 25.2 Å². The number of hydrogen-bond acceptors (Lipinski definition) is 3. The number of para-hydroxylation sites is 1. The van der Waals surface area contributed by atoms with E-state index in [9.17, 15) is 4.79 Å². The lowest BCUT2D eigenvalue weighted by atomic mass is 9.94. The minimum atomic E-state index is 0.0619. The normalized spacial score (nSPS) is 25.8. The van der Waals surface area contributed by atoms with Crippen molar-refractivity contribution < 1.29 is 9.53 Å². The van der Waals surface area contributed by atoms with Crippen molar-refractivity contribution in [1.29, 1.82) is 0 Å². The standard InChI is InChI=1S/C17H24N2O2S/c1-12-7-9-22-10-8-19(12)17(20)18-13(2)15-11-21-16-6-4-3-5-14(15)16/h3-6,12-13,15H,7-11H2,1-2H3,(H,18,20)/t12-,13-,15-/m0/s1. The molecule has 1 aromatic rings. The van der Waals surface area contributed by atoms with Crippen LogP contribution in [0.5, 0.6) is 5.75 Å². The third-order valence-corrected chi connectivity index (χ3v) is 5.64. The molecule has 5 heteroatoms. The van der Waals surface area contributed by atoms with Gasteiger partial charge >= 0.3 is 6.03 Å². The first-order valence-electron chi connectivity index (χ1n) is 8.03. The minimum Gasteiger partial charge on any atom is -0.493 e. The van der Waals surface area contributed by atoms with Gasteiger partial charge in [-0.15, -0.1) is 0 Å². The number of carbonyl (C=O) groups is 1. The maximum Gasteiger partial charge on any atom is 0.317 e. The number of nitrogens with one attached hydrogen (secondary N) is 1. The molecule has 0 bridgehead atoms. The van der Waals surface area contributed by atoms with E-state index in [1.807, 2.05) is 34.9 Å². The van der Waals surface area contributed by atoms with Crippen LogP contribution in [0.3, 0.4) is 0 Å². The van der Waals surface area contributed by atoms with Crippen LogP contribution in [0.4, 0.5) is 4.79 Å². The van der Waals surface area contributed by atoms with E-state index in [0.29, 0.717) is 12.6 Å². The topological polar surface area (TPSA) is 41.6 Å². The molecule has 2 heterocycles. The zero-order chi connectivity index (χ0) is 15.5. The van der Waals surface area contributed by atoms with E-state index < -0.39 is 0 Å². The molecule has 120 valence electrons. The van der Waals surface area contributed by atoms with Crippen molar-refractivity contribution >= 4 is 17.8 Å². The molecule has 1 saturated heterocycles. The van der Waals surface area contributed by atoms with Gasteiger partial charge in [-0.1, -0.05) is 18.2 Å². The zero-order valence-electron chi connectivity index (χ0n) is 13.2. The predicted molar refractivity (Wildman–Crippen MR) is 90.8 cm³/mol. The highest BCUT2D eigenvalue weighted by Crippen LogP contribution is 2.35. The van der Waals surface area contributed by atoms with Crippen molar-refractivity contribution in [1.82, 2.24) is 10.2 Å². The summed E-state index contributed by atoms with van der Waals surface area (Å²) in [6.07, 6.45) is 1.07. The van der Waals surface area contributed by atoms with Gasteiger partial charge in [0, 0.05) is 35.9 Å². The van der Waals surface area contributed by atoms with Crippen molar-refractivity contribution in [3.63, 3.8) is 0 Å². The average molecular weight is 320 g/mol. The van der Waals surface area contributed by atoms with Crippen LogP contribution in [0, 0.1) is 0 Å². The first-order valence-corrected chi connectivity index (χ1v) is 9.19. The number of urea groups is 1. The van der Waals surface area contributed by atoms with E-state index in [1.54, 1.807) is 0 Å². The summed E-state index contributed by atoms with van der Waals surface area (Å²) in [6, 6.07) is 8.56. The Kier molecular flexibility index (Phi) is 4.81. The largest absolute Gasteiger partial charge is 0.493 e. The molecule has 0 saturated carbocycles. The van der Waals surface area contributed by atoms with Gasteiger partial charge in [-0.2, -0.15) is 11.8 Å². The number of benzene rings is 1. The number of thioether (sulfide) groups is 1. The Balaban J connectivity index is 1.64. The number of rotatable bonds is 2. The molecule has 0 spiro atoms. The monoisotopic (exact) mass is 320 g/mol. The molecule has 2 amide bonds. The number of hydrogen-bond donors (Lipinski definition) is 1. The second-order valence-corrected chi connectivity index (χ2v) is 7.36. The van der Waals surface area contributed by atoms with Crippen LogP contribution in [0.15, 0.2) is 24.3 Å². The molecule has 3 rings (SSSR count). The molecule has 0 radical (unpaired) electrons. The fraction of sp³-hybridized carbons (Fsp3) is 0.588. The molecular weight excluding hydrogens is 296 g/mol. The highest BCUT2D eigenvalue weighted by Gasteiger charge is 2.31. The number of carbonyl (C=O) groups excluding carboxylic acids is 1. The van der Waals surface area contributed by atoms with Gasteiger partial charge in [0.1, 0.15) is 5.75 Å². The van der Waals surface area contributed by atoms with Crippen LogP contribution in [0.25, 0.3) is 0 Å². The number of fused-ring (bicyclic) bond motifs is 1. The van der Waals surface area contributed by atoms with Gasteiger partial charge in [0.25, 0.3) is 0 Å². The fourth-order valence-electron chi connectivity index (χ4n) is 3.18. The van der Waals surface area contributed by atoms with Crippen molar-refractivity contribution in [2.75, 3.05) is 24.7 Å². The molecule has 1 aromatic carbocycles. The van der Waals surface area contributed by atoms with Crippen LogP contribution >= 0.6 is 11.8 Å². The zero-order valence-corrected chi connectivity index (χ0v) is 14.1. The van der Waals surface area contributed by atoms with Crippen molar-refractivity contribution in [3.8, 4) is 5.75 Å². The lowest BCUT2D eigenvalue weighted by molar-refractivity contribution is 0.177. The first-order chi connectivity index (χ1) is 10.7. The second kappa shape index (κ2) is 6.82. The van der Waals surface area contributed by atoms with E-state index in [0.717, 1.165) is 30.2 Å². The summed E-state index contributed by atoms with van der Waals surface area (Å²) in [5.41, 5.74) is 1.20. The van der Waals surface area contributed by atoms with Crippen LogP contribution in [-0.4, -0.2) is 47.7 Å². The van der Waals surface area contributed by atoms with Crippen LogP contribution < -0.4 is 10.1 Å². The summed E-state index contributed by atoms with van der Waals surface area (Å²) in [7, 11) is 0. The van der Waals surface area contributed by atoms with Crippen molar-refractivity contribution in [2.24, 2.45) is 0 Å². The molecule has 0 aliphatic carbocycles. The number of nitrogens with zero attached hydrogens (tertiary/aromatic N) is 1. The smallest absolute Gasteiger partial charge is 0.317 e. The van der Waals surface area contributed by atoms with Crippen molar-refractivity contribution in [2.45, 2.75) is 38.3 Å². The van der Waals surface area contributed by atoms with E-state index in [-0.39, 0.29) is 18.0 Å². The van der Waals surface area contributed by atoms with Gasteiger partial charge in [-0.3, -0.25) is 0 Å². The summed E-state index contributed by atoms with van der Waals surface area (Å²) in [6.45, 7) is 5.70. The van der Waals surface area contributed by atoms with Crippen molar-refractivity contribution in [3.05, 3.63) is 29.8 Å². The van der Waals surface area contributed by atoms with E-state index in [4.69, 9.17) is 4.74 Å². The van der Waals surface area contributed by atoms with E-state index >= 15 is 0 Å². The fourth-order valence-corrected chi connectivity index (χ4v) is 4.21. The Morgan fingerprint density at radius 3 is 3.09 bits per heavy atom. The third kappa shape index (κ3) is 3.19. The molecule has 2 aliphatic heterocycles. The second-order valence-electron chi connectivity index (χ2n) is 6.14. The van der Waals surface area contributed by atoms with Crippen LogP contribution in [0.1, 0.15) is 31.7 Å². The maximum atomic E-state index is 12.6. The highest BCUT2D eigenvalue weighted by atomic mass is 32.2. The molecule has 0 aromatic heterocycles. The Bertz CT molecular complexity index is 537. The van der Waals surface area contributed by atoms with Crippen LogP contribution in [-0.2, 0) is 0 Å². The van der Waals surface area contributed by atoms with Crippen LogP contribution in [0.2, 0.25) is 0 Å². The number of amides is 2. The molecule has 1 fully saturated rings. The molecule has 22 heavy (non-hydrogen) atoms. The minimum absolute atomic E-state index is 0.0619. The summed E-state index contributed by atoms with van der Waals surface area (Å²) in [4.78, 5) is 14.6.